The van der Waals surface area contributed by atoms with Crippen molar-refractivity contribution in [2.45, 2.75) is 5.75 Å². The van der Waals surface area contributed by atoms with Gasteiger partial charge in [-0.1, -0.05) is 17.7 Å². The van der Waals surface area contributed by atoms with Gasteiger partial charge in [0.2, 0.25) is 0 Å². The highest BCUT2D eigenvalue weighted by atomic mass is 35.5. The van der Waals surface area contributed by atoms with Crippen molar-refractivity contribution in [2.75, 3.05) is 6.26 Å². The lowest BCUT2D eigenvalue weighted by Crippen LogP contribution is -1.82. The summed E-state index contributed by atoms with van der Waals surface area (Å²) in [6, 6.07) is 4.89. The first-order valence-electron chi connectivity index (χ1n) is 3.17. The summed E-state index contributed by atoms with van der Waals surface area (Å²) in [6.07, 6.45) is 1.98. The Morgan fingerprint density at radius 1 is 1.55 bits per heavy atom. The van der Waals surface area contributed by atoms with E-state index < -0.39 is 0 Å². The van der Waals surface area contributed by atoms with E-state index in [9.17, 15) is 4.39 Å². The van der Waals surface area contributed by atoms with E-state index in [1.807, 2.05) is 12.3 Å². The van der Waals surface area contributed by atoms with Crippen LogP contribution in [-0.4, -0.2) is 6.26 Å². The Morgan fingerprint density at radius 3 is 2.82 bits per heavy atom. The molecule has 0 N–H and O–H groups in total. The summed E-state index contributed by atoms with van der Waals surface area (Å²) < 4.78 is 12.8. The van der Waals surface area contributed by atoms with Gasteiger partial charge in [0.25, 0.3) is 0 Å². The Labute approximate surface area is 74.8 Å². The van der Waals surface area contributed by atoms with Crippen LogP contribution < -0.4 is 0 Å². The summed E-state index contributed by atoms with van der Waals surface area (Å²) >= 11 is 7.16. The average molecular weight is 191 g/mol. The maximum Gasteiger partial charge on any atom is 0.142 e. The van der Waals surface area contributed by atoms with Crippen LogP contribution in [0.25, 0.3) is 0 Å². The predicted molar refractivity (Wildman–Crippen MR) is 48.6 cm³/mol. The number of rotatable bonds is 2. The summed E-state index contributed by atoms with van der Waals surface area (Å²) in [5.41, 5.74) is 0.972. The van der Waals surface area contributed by atoms with E-state index in [0.717, 1.165) is 11.3 Å². The van der Waals surface area contributed by atoms with E-state index in [2.05, 4.69) is 0 Å². The monoisotopic (exact) mass is 190 g/mol. The van der Waals surface area contributed by atoms with Crippen LogP contribution in [0.1, 0.15) is 5.56 Å². The second-order valence-corrected chi connectivity index (χ2v) is 3.45. The molecule has 0 heterocycles. The summed E-state index contributed by atoms with van der Waals surface area (Å²) in [6.45, 7) is 0. The van der Waals surface area contributed by atoms with Gasteiger partial charge in [0.15, 0.2) is 0 Å². The molecule has 1 aromatic carbocycles. The highest BCUT2D eigenvalue weighted by molar-refractivity contribution is 7.97. The van der Waals surface area contributed by atoms with Crippen LogP contribution in [-0.2, 0) is 5.75 Å². The van der Waals surface area contributed by atoms with Crippen LogP contribution in [0.4, 0.5) is 4.39 Å². The van der Waals surface area contributed by atoms with Gasteiger partial charge in [-0.15, -0.1) is 0 Å². The molecule has 3 heteroatoms. The Hall–Kier alpha value is -0.210. The van der Waals surface area contributed by atoms with Crippen LogP contribution in [0.2, 0.25) is 5.02 Å². The number of thioether (sulfide) groups is 1. The van der Waals surface area contributed by atoms with Gasteiger partial charge in [-0.3, -0.25) is 0 Å². The molecule has 1 rings (SSSR count). The van der Waals surface area contributed by atoms with Crippen molar-refractivity contribution in [3.8, 4) is 0 Å². The molecule has 11 heavy (non-hydrogen) atoms. The quantitative estimate of drug-likeness (QED) is 0.690. The minimum atomic E-state index is -0.335. The van der Waals surface area contributed by atoms with E-state index in [1.54, 1.807) is 17.8 Å². The molecule has 0 nitrogen and oxygen atoms in total. The molecule has 0 spiro atoms. The van der Waals surface area contributed by atoms with Gasteiger partial charge in [-0.2, -0.15) is 11.8 Å². The van der Waals surface area contributed by atoms with Crippen molar-refractivity contribution in [2.24, 2.45) is 0 Å². The molecule has 0 atom stereocenters. The molecule has 0 aromatic heterocycles. The lowest BCUT2D eigenvalue weighted by molar-refractivity contribution is 0.627. The minimum Gasteiger partial charge on any atom is -0.205 e. The van der Waals surface area contributed by atoms with Gasteiger partial charge in [0.1, 0.15) is 5.82 Å². The second kappa shape index (κ2) is 3.98. The molecular formula is C8H8ClFS. The first kappa shape index (κ1) is 8.88. The molecule has 0 amide bonds. The van der Waals surface area contributed by atoms with Crippen LogP contribution in [0.5, 0.6) is 0 Å². The zero-order valence-electron chi connectivity index (χ0n) is 6.10. The fourth-order valence-electron chi connectivity index (χ4n) is 0.796. The molecule has 0 aliphatic carbocycles. The van der Waals surface area contributed by atoms with Crippen molar-refractivity contribution in [1.29, 1.82) is 0 Å². The third kappa shape index (κ3) is 2.38. The zero-order chi connectivity index (χ0) is 8.27. The third-order valence-electron chi connectivity index (χ3n) is 1.30. The topological polar surface area (TPSA) is 0 Å². The lowest BCUT2D eigenvalue weighted by Gasteiger charge is -1.98. The molecule has 0 aliphatic rings. The fraction of sp³-hybridized carbons (Fsp3) is 0.250. The third-order valence-corrected chi connectivity index (χ3v) is 2.22. The first-order valence-corrected chi connectivity index (χ1v) is 4.94. The smallest absolute Gasteiger partial charge is 0.142 e. The van der Waals surface area contributed by atoms with Crippen molar-refractivity contribution in [1.82, 2.24) is 0 Å². The minimum absolute atomic E-state index is 0.190. The predicted octanol–water partition coefficient (Wildman–Crippen LogP) is 3.34. The molecular weight excluding hydrogens is 183 g/mol. The van der Waals surface area contributed by atoms with Gasteiger partial charge in [-0.05, 0) is 24.0 Å². The van der Waals surface area contributed by atoms with E-state index >= 15 is 0 Å². The largest absolute Gasteiger partial charge is 0.205 e. The van der Waals surface area contributed by atoms with Gasteiger partial charge in [0.05, 0.1) is 5.02 Å². The number of hydrogen-bond acceptors (Lipinski definition) is 1. The van der Waals surface area contributed by atoms with Crippen molar-refractivity contribution in [3.63, 3.8) is 0 Å². The van der Waals surface area contributed by atoms with Gasteiger partial charge >= 0.3 is 0 Å². The molecule has 0 saturated heterocycles. The molecule has 0 unspecified atom stereocenters. The lowest BCUT2D eigenvalue weighted by atomic mass is 10.2. The van der Waals surface area contributed by atoms with Crippen LogP contribution in [0, 0.1) is 5.82 Å². The van der Waals surface area contributed by atoms with Gasteiger partial charge in [0, 0.05) is 5.75 Å². The molecule has 1 aromatic rings. The molecule has 0 bridgehead atoms. The van der Waals surface area contributed by atoms with Gasteiger partial charge in [-0.25, -0.2) is 4.39 Å². The van der Waals surface area contributed by atoms with Crippen molar-refractivity contribution < 1.29 is 4.39 Å². The summed E-state index contributed by atoms with van der Waals surface area (Å²) in [5, 5.41) is 0.190. The number of halogens is 2. The summed E-state index contributed by atoms with van der Waals surface area (Å²) in [4.78, 5) is 0. The van der Waals surface area contributed by atoms with Crippen LogP contribution in [0.15, 0.2) is 18.2 Å². The highest BCUT2D eigenvalue weighted by Gasteiger charge is 1.99. The standard InChI is InChI=1S/C8H8ClFS/c1-11-5-6-2-3-7(9)8(10)4-6/h2-4H,5H2,1H3. The molecule has 0 radical (unpaired) electrons. The molecule has 0 aliphatic heterocycles. The Morgan fingerprint density at radius 2 is 2.27 bits per heavy atom. The Bertz CT molecular complexity index is 250. The zero-order valence-corrected chi connectivity index (χ0v) is 7.68. The Balaban J connectivity index is 2.86. The maximum atomic E-state index is 12.8. The average Bonchev–Trinajstić information content (AvgIpc) is 1.98. The van der Waals surface area contributed by atoms with Crippen LogP contribution in [0.3, 0.4) is 0 Å². The number of benzene rings is 1. The fourth-order valence-corrected chi connectivity index (χ4v) is 1.43. The van der Waals surface area contributed by atoms with Gasteiger partial charge < -0.3 is 0 Å². The van der Waals surface area contributed by atoms with Crippen molar-refractivity contribution >= 4 is 23.4 Å². The molecule has 0 fully saturated rings. The van der Waals surface area contributed by atoms with E-state index in [1.165, 1.54) is 6.07 Å². The summed E-state index contributed by atoms with van der Waals surface area (Å²) in [7, 11) is 0. The van der Waals surface area contributed by atoms with E-state index in [0.29, 0.717) is 0 Å². The SMILES string of the molecule is CSCc1ccc(Cl)c(F)c1. The molecule has 60 valence electrons. The van der Waals surface area contributed by atoms with Crippen LogP contribution >= 0.6 is 23.4 Å². The second-order valence-electron chi connectivity index (χ2n) is 2.18. The van der Waals surface area contributed by atoms with E-state index in [-0.39, 0.29) is 10.8 Å². The normalized spacial score (nSPS) is 10.1. The maximum absolute atomic E-state index is 12.8. The van der Waals surface area contributed by atoms with E-state index in [4.69, 9.17) is 11.6 Å². The Kier molecular flexibility index (Phi) is 3.21. The summed E-state index contributed by atoms with van der Waals surface area (Å²) in [5.74, 6) is 0.492. The van der Waals surface area contributed by atoms with Crippen molar-refractivity contribution in [3.05, 3.63) is 34.6 Å². The number of hydrogen-bond donors (Lipinski definition) is 0. The molecule has 0 saturated carbocycles. The first-order chi connectivity index (χ1) is 5.24. The highest BCUT2D eigenvalue weighted by Crippen LogP contribution is 2.17.